The number of hydrogen-bond donors (Lipinski definition) is 2. The summed E-state index contributed by atoms with van der Waals surface area (Å²) in [6.07, 6.45) is 0. The molecule has 0 aliphatic heterocycles. The highest BCUT2D eigenvalue weighted by Crippen LogP contribution is 2.30. The second-order valence-corrected chi connectivity index (χ2v) is 6.23. The van der Waals surface area contributed by atoms with E-state index in [-0.39, 0.29) is 6.61 Å². The van der Waals surface area contributed by atoms with Crippen LogP contribution in [0.25, 0.3) is 0 Å². The molecule has 3 aromatic rings. The summed E-state index contributed by atoms with van der Waals surface area (Å²) in [6, 6.07) is 26.1. The van der Waals surface area contributed by atoms with Crippen LogP contribution in [0.1, 0.15) is 16.7 Å². The Labute approximate surface area is 160 Å². The molecule has 0 saturated heterocycles. The molecule has 0 saturated carbocycles. The minimum absolute atomic E-state index is 0.121. The second-order valence-electron chi connectivity index (χ2n) is 6.23. The lowest BCUT2D eigenvalue weighted by atomic mass is 10.2. The quantitative estimate of drug-likeness (QED) is 0.536. The van der Waals surface area contributed by atoms with Gasteiger partial charge in [-0.3, -0.25) is 0 Å². The van der Waals surface area contributed by atoms with E-state index in [0.717, 1.165) is 28.2 Å². The molecule has 0 aliphatic carbocycles. The first-order valence-corrected chi connectivity index (χ1v) is 9.13. The summed E-state index contributed by atoms with van der Waals surface area (Å²) in [7, 11) is 0. The van der Waals surface area contributed by atoms with Crippen LogP contribution in [0.15, 0.2) is 78.9 Å². The molecule has 27 heavy (non-hydrogen) atoms. The topological polar surface area (TPSA) is 50.7 Å². The lowest BCUT2D eigenvalue weighted by Gasteiger charge is -2.15. The maximum absolute atomic E-state index is 8.92. The van der Waals surface area contributed by atoms with Crippen molar-refractivity contribution in [3.63, 3.8) is 0 Å². The van der Waals surface area contributed by atoms with Gasteiger partial charge in [-0.25, -0.2) is 0 Å². The monoisotopic (exact) mass is 363 g/mol. The molecule has 0 unspecified atom stereocenters. The average molecular weight is 363 g/mol. The average Bonchev–Trinajstić information content (AvgIpc) is 2.73. The van der Waals surface area contributed by atoms with Crippen LogP contribution in [0.2, 0.25) is 0 Å². The zero-order valence-electron chi connectivity index (χ0n) is 15.3. The molecule has 140 valence electrons. The van der Waals surface area contributed by atoms with Crippen molar-refractivity contribution < 1.29 is 14.6 Å². The van der Waals surface area contributed by atoms with Crippen LogP contribution in [0.5, 0.6) is 11.5 Å². The minimum Gasteiger partial charge on any atom is -0.485 e. The summed E-state index contributed by atoms with van der Waals surface area (Å²) in [6.45, 7) is 2.32. The van der Waals surface area contributed by atoms with E-state index in [1.165, 1.54) is 0 Å². The molecule has 2 N–H and O–H groups in total. The van der Waals surface area contributed by atoms with Crippen LogP contribution in [-0.2, 0) is 19.8 Å². The molecule has 0 atom stereocenters. The highest BCUT2D eigenvalue weighted by Gasteiger charge is 2.08. The number of nitrogens with one attached hydrogen (secondary N) is 1. The summed E-state index contributed by atoms with van der Waals surface area (Å²) in [5.41, 5.74) is 3.30. The molecule has 0 fully saturated rings. The number of hydrogen-bond acceptors (Lipinski definition) is 4. The number of aliphatic hydroxyl groups excluding tert-OH is 1. The predicted molar refractivity (Wildman–Crippen MR) is 107 cm³/mol. The van der Waals surface area contributed by atoms with Gasteiger partial charge in [0.15, 0.2) is 11.5 Å². The van der Waals surface area contributed by atoms with Gasteiger partial charge in [0.2, 0.25) is 0 Å². The van der Waals surface area contributed by atoms with Crippen LogP contribution >= 0.6 is 0 Å². The first-order chi connectivity index (χ1) is 13.3. The van der Waals surface area contributed by atoms with Crippen molar-refractivity contribution in [3.05, 3.63) is 95.6 Å². The molecule has 3 aromatic carbocycles. The van der Waals surface area contributed by atoms with Gasteiger partial charge in [0.05, 0.1) is 6.61 Å². The lowest BCUT2D eigenvalue weighted by molar-refractivity contribution is 0.255. The fraction of sp³-hybridized carbons (Fsp3) is 0.217. The van der Waals surface area contributed by atoms with Gasteiger partial charge in [0, 0.05) is 13.1 Å². The molecular weight excluding hydrogens is 338 g/mol. The zero-order chi connectivity index (χ0) is 18.7. The molecule has 0 heterocycles. The number of ether oxygens (including phenoxy) is 2. The fourth-order valence-electron chi connectivity index (χ4n) is 2.68. The highest BCUT2D eigenvalue weighted by molar-refractivity contribution is 5.43. The van der Waals surface area contributed by atoms with Crippen molar-refractivity contribution >= 4 is 0 Å². The van der Waals surface area contributed by atoms with E-state index < -0.39 is 0 Å². The summed E-state index contributed by atoms with van der Waals surface area (Å²) in [5.74, 6) is 1.44. The largest absolute Gasteiger partial charge is 0.485 e. The molecule has 0 amide bonds. The van der Waals surface area contributed by atoms with Crippen LogP contribution in [0.3, 0.4) is 0 Å². The predicted octanol–water partition coefficient (Wildman–Crippen LogP) is 3.93. The van der Waals surface area contributed by atoms with E-state index in [2.05, 4.69) is 5.32 Å². The Morgan fingerprint density at radius 2 is 1.26 bits per heavy atom. The Balaban J connectivity index is 1.71. The van der Waals surface area contributed by atoms with E-state index in [4.69, 9.17) is 14.6 Å². The fourth-order valence-corrected chi connectivity index (χ4v) is 2.68. The van der Waals surface area contributed by atoms with Gasteiger partial charge >= 0.3 is 0 Å². The van der Waals surface area contributed by atoms with E-state index in [1.807, 2.05) is 78.9 Å². The smallest absolute Gasteiger partial charge is 0.162 e. The van der Waals surface area contributed by atoms with Crippen molar-refractivity contribution in [1.82, 2.24) is 5.32 Å². The van der Waals surface area contributed by atoms with Crippen molar-refractivity contribution in [2.24, 2.45) is 0 Å². The Kier molecular flexibility index (Phi) is 7.27. The van der Waals surface area contributed by atoms with Gasteiger partial charge in [-0.15, -0.1) is 0 Å². The van der Waals surface area contributed by atoms with Crippen LogP contribution < -0.4 is 14.8 Å². The van der Waals surface area contributed by atoms with Crippen molar-refractivity contribution in [2.75, 3.05) is 13.2 Å². The van der Waals surface area contributed by atoms with E-state index in [1.54, 1.807) is 0 Å². The number of aliphatic hydroxyl groups is 1. The minimum atomic E-state index is 0.121. The van der Waals surface area contributed by atoms with Crippen LogP contribution in [0.4, 0.5) is 0 Å². The molecule has 0 bridgehead atoms. The van der Waals surface area contributed by atoms with Gasteiger partial charge in [-0.05, 0) is 28.8 Å². The van der Waals surface area contributed by atoms with Crippen molar-refractivity contribution in [3.8, 4) is 11.5 Å². The molecule has 0 aromatic heterocycles. The summed E-state index contributed by atoms with van der Waals surface area (Å²) in [4.78, 5) is 0. The van der Waals surface area contributed by atoms with Crippen LogP contribution in [-0.4, -0.2) is 18.3 Å². The van der Waals surface area contributed by atoms with E-state index >= 15 is 0 Å². The lowest BCUT2D eigenvalue weighted by Crippen LogP contribution is -2.17. The molecule has 3 rings (SSSR count). The van der Waals surface area contributed by atoms with E-state index in [9.17, 15) is 0 Å². The maximum atomic E-state index is 8.92. The highest BCUT2D eigenvalue weighted by atomic mass is 16.5. The van der Waals surface area contributed by atoms with Crippen molar-refractivity contribution in [2.45, 2.75) is 19.8 Å². The van der Waals surface area contributed by atoms with Crippen LogP contribution in [0, 0.1) is 0 Å². The first-order valence-electron chi connectivity index (χ1n) is 9.13. The molecule has 4 heteroatoms. The van der Waals surface area contributed by atoms with Crippen molar-refractivity contribution in [1.29, 1.82) is 0 Å². The first kappa shape index (κ1) is 19.0. The standard InChI is InChI=1S/C23H25NO3/c25-14-13-24-16-21-11-12-22(26-17-19-7-3-1-4-8-19)23(15-21)27-18-20-9-5-2-6-10-20/h1-12,15,24-25H,13-14,16-18H2. The Morgan fingerprint density at radius 3 is 1.85 bits per heavy atom. The summed E-state index contributed by atoms with van der Waals surface area (Å²) in [5, 5.41) is 12.1. The van der Waals surface area contributed by atoms with Gasteiger partial charge in [-0.1, -0.05) is 66.7 Å². The Hall–Kier alpha value is -2.82. The molecule has 4 nitrogen and oxygen atoms in total. The normalized spacial score (nSPS) is 10.6. The second kappa shape index (κ2) is 10.4. The van der Waals surface area contributed by atoms with Gasteiger partial charge in [0.1, 0.15) is 13.2 Å². The summed E-state index contributed by atoms with van der Waals surface area (Å²) < 4.78 is 12.1. The third-order valence-electron chi connectivity index (χ3n) is 4.10. The van der Waals surface area contributed by atoms with Gasteiger partial charge < -0.3 is 19.9 Å². The number of benzene rings is 3. The maximum Gasteiger partial charge on any atom is 0.162 e. The number of rotatable bonds is 10. The van der Waals surface area contributed by atoms with Gasteiger partial charge in [0.25, 0.3) is 0 Å². The Bertz CT molecular complexity index is 806. The third kappa shape index (κ3) is 6.13. The zero-order valence-corrected chi connectivity index (χ0v) is 15.3. The molecule has 0 aliphatic rings. The molecule has 0 spiro atoms. The van der Waals surface area contributed by atoms with E-state index in [0.29, 0.717) is 26.3 Å². The Morgan fingerprint density at radius 1 is 0.667 bits per heavy atom. The SMILES string of the molecule is OCCNCc1ccc(OCc2ccccc2)c(OCc2ccccc2)c1. The molecular formula is C23H25NO3. The molecule has 0 radical (unpaired) electrons. The van der Waals surface area contributed by atoms with Gasteiger partial charge in [-0.2, -0.15) is 0 Å². The summed E-state index contributed by atoms with van der Waals surface area (Å²) >= 11 is 0. The third-order valence-corrected chi connectivity index (χ3v) is 4.10.